The molecule has 4 nitrogen and oxygen atoms in total. The molecule has 2 heterocycles. The summed E-state index contributed by atoms with van der Waals surface area (Å²) in [5.74, 6) is 0.0297. The van der Waals surface area contributed by atoms with Gasteiger partial charge in [0.2, 0.25) is 0 Å². The topological polar surface area (TPSA) is 45.2 Å². The van der Waals surface area contributed by atoms with Crippen molar-refractivity contribution in [1.82, 2.24) is 9.88 Å². The van der Waals surface area contributed by atoms with E-state index in [-0.39, 0.29) is 5.91 Å². The number of likely N-dealkylation sites (tertiary alicyclic amines) is 1. The molecule has 0 radical (unpaired) electrons. The highest BCUT2D eigenvalue weighted by Gasteiger charge is 2.20. The van der Waals surface area contributed by atoms with Gasteiger partial charge in [0.05, 0.1) is 0 Å². The Bertz CT molecular complexity index is 690. The maximum absolute atomic E-state index is 12.4. The van der Waals surface area contributed by atoms with Crippen molar-refractivity contribution in [2.45, 2.75) is 26.7 Å². The molecule has 0 atom stereocenters. The van der Waals surface area contributed by atoms with Gasteiger partial charge in [0, 0.05) is 30.7 Å². The zero-order valence-corrected chi connectivity index (χ0v) is 13.1. The second kappa shape index (κ2) is 6.18. The molecule has 1 aliphatic rings. The molecule has 114 valence electrons. The highest BCUT2D eigenvalue weighted by Crippen LogP contribution is 2.23. The van der Waals surface area contributed by atoms with Crippen LogP contribution in [0.2, 0.25) is 0 Å². The molecule has 1 aromatic carbocycles. The summed E-state index contributed by atoms with van der Waals surface area (Å²) in [7, 11) is 0. The van der Waals surface area contributed by atoms with E-state index in [4.69, 9.17) is 0 Å². The third kappa shape index (κ3) is 2.96. The Balaban J connectivity index is 1.82. The Labute approximate surface area is 131 Å². The van der Waals surface area contributed by atoms with Crippen molar-refractivity contribution >= 4 is 17.3 Å². The highest BCUT2D eigenvalue weighted by molar-refractivity contribution is 5.93. The smallest absolute Gasteiger partial charge is 0.272 e. The lowest BCUT2D eigenvalue weighted by molar-refractivity contribution is 0.0787. The van der Waals surface area contributed by atoms with Crippen molar-refractivity contribution < 1.29 is 4.79 Å². The lowest BCUT2D eigenvalue weighted by Crippen LogP contribution is -2.28. The van der Waals surface area contributed by atoms with Gasteiger partial charge in [0.1, 0.15) is 5.69 Å². The fourth-order valence-electron chi connectivity index (χ4n) is 2.75. The van der Waals surface area contributed by atoms with Crippen molar-refractivity contribution in [3.05, 3.63) is 53.3 Å². The van der Waals surface area contributed by atoms with Crippen molar-refractivity contribution in [2.24, 2.45) is 0 Å². The lowest BCUT2D eigenvalue weighted by Gasteiger charge is -2.16. The fraction of sp³-hybridized carbons (Fsp3) is 0.333. The fourth-order valence-corrected chi connectivity index (χ4v) is 2.75. The van der Waals surface area contributed by atoms with Crippen LogP contribution in [0.5, 0.6) is 0 Å². The van der Waals surface area contributed by atoms with Crippen LogP contribution in [-0.4, -0.2) is 28.9 Å². The van der Waals surface area contributed by atoms with Crippen LogP contribution in [0.3, 0.4) is 0 Å². The molecule has 3 rings (SSSR count). The van der Waals surface area contributed by atoms with Gasteiger partial charge in [-0.1, -0.05) is 12.1 Å². The number of hydrogen-bond donors (Lipinski definition) is 1. The Morgan fingerprint density at radius 3 is 2.73 bits per heavy atom. The Kier molecular flexibility index (Phi) is 4.09. The third-order valence-electron chi connectivity index (χ3n) is 4.26. The first kappa shape index (κ1) is 14.6. The van der Waals surface area contributed by atoms with Crippen molar-refractivity contribution in [3.8, 4) is 0 Å². The first-order valence-electron chi connectivity index (χ1n) is 7.74. The zero-order chi connectivity index (χ0) is 15.5. The van der Waals surface area contributed by atoms with Crippen LogP contribution in [0.25, 0.3) is 0 Å². The van der Waals surface area contributed by atoms with Gasteiger partial charge in [0.25, 0.3) is 5.91 Å². The monoisotopic (exact) mass is 295 g/mol. The molecule has 0 spiro atoms. The molecule has 22 heavy (non-hydrogen) atoms. The van der Waals surface area contributed by atoms with Gasteiger partial charge in [-0.05, 0) is 56.0 Å². The quantitative estimate of drug-likeness (QED) is 0.939. The van der Waals surface area contributed by atoms with Crippen LogP contribution >= 0.6 is 0 Å². The van der Waals surface area contributed by atoms with Crippen LogP contribution in [0, 0.1) is 13.8 Å². The van der Waals surface area contributed by atoms with Gasteiger partial charge in [-0.15, -0.1) is 0 Å². The minimum absolute atomic E-state index is 0.0297. The van der Waals surface area contributed by atoms with Gasteiger partial charge < -0.3 is 10.2 Å². The molecule has 0 aliphatic carbocycles. The lowest BCUT2D eigenvalue weighted by atomic mass is 10.1. The molecule has 1 fully saturated rings. The number of carbonyl (C=O) groups is 1. The number of benzene rings is 1. The normalized spacial score (nSPS) is 14.2. The van der Waals surface area contributed by atoms with Gasteiger partial charge in [-0.25, -0.2) is 0 Å². The number of rotatable bonds is 3. The molecule has 1 aliphatic heterocycles. The summed E-state index contributed by atoms with van der Waals surface area (Å²) in [4.78, 5) is 18.5. The standard InChI is InChI=1S/C18H21N3O/c1-13-6-5-7-16(14(13)2)20-15-8-9-19-17(12-15)18(22)21-10-3-4-11-21/h5-9,12H,3-4,10-11H2,1-2H3,(H,19,20). The van der Waals surface area contributed by atoms with E-state index in [0.717, 1.165) is 37.3 Å². The molecular weight excluding hydrogens is 274 g/mol. The average molecular weight is 295 g/mol. The number of nitrogens with one attached hydrogen (secondary N) is 1. The summed E-state index contributed by atoms with van der Waals surface area (Å²) < 4.78 is 0. The summed E-state index contributed by atoms with van der Waals surface area (Å²) in [6.45, 7) is 5.87. The number of hydrogen-bond acceptors (Lipinski definition) is 3. The molecule has 0 bridgehead atoms. The van der Waals surface area contributed by atoms with E-state index < -0.39 is 0 Å². The first-order chi connectivity index (χ1) is 10.6. The number of anilines is 2. The van der Waals surface area contributed by atoms with Gasteiger partial charge in [-0.2, -0.15) is 0 Å². The molecule has 0 saturated carbocycles. The van der Waals surface area contributed by atoms with Crippen molar-refractivity contribution in [2.75, 3.05) is 18.4 Å². The first-order valence-corrected chi connectivity index (χ1v) is 7.74. The summed E-state index contributed by atoms with van der Waals surface area (Å²) in [6, 6.07) is 9.90. The Morgan fingerprint density at radius 2 is 1.95 bits per heavy atom. The van der Waals surface area contributed by atoms with E-state index in [1.165, 1.54) is 11.1 Å². The van der Waals surface area contributed by atoms with E-state index in [0.29, 0.717) is 5.69 Å². The maximum atomic E-state index is 12.4. The predicted octanol–water partition coefficient (Wildman–Crippen LogP) is 3.68. The average Bonchev–Trinajstić information content (AvgIpc) is 3.06. The van der Waals surface area contributed by atoms with Gasteiger partial charge in [0.15, 0.2) is 0 Å². The van der Waals surface area contributed by atoms with Crippen LogP contribution in [0.1, 0.15) is 34.5 Å². The van der Waals surface area contributed by atoms with Crippen LogP contribution in [0.15, 0.2) is 36.5 Å². The second-order valence-electron chi connectivity index (χ2n) is 5.80. The Hall–Kier alpha value is -2.36. The molecule has 1 N–H and O–H groups in total. The minimum Gasteiger partial charge on any atom is -0.355 e. The highest BCUT2D eigenvalue weighted by atomic mass is 16.2. The second-order valence-corrected chi connectivity index (χ2v) is 5.80. The number of nitrogens with zero attached hydrogens (tertiary/aromatic N) is 2. The number of aryl methyl sites for hydroxylation is 1. The Morgan fingerprint density at radius 1 is 1.18 bits per heavy atom. The van der Waals surface area contributed by atoms with E-state index in [2.05, 4.69) is 30.2 Å². The summed E-state index contributed by atoms with van der Waals surface area (Å²) >= 11 is 0. The van der Waals surface area contributed by atoms with Crippen molar-refractivity contribution in [3.63, 3.8) is 0 Å². The zero-order valence-electron chi connectivity index (χ0n) is 13.1. The molecule has 2 aromatic rings. The molecule has 1 amide bonds. The third-order valence-corrected chi connectivity index (χ3v) is 4.26. The van der Waals surface area contributed by atoms with Crippen LogP contribution < -0.4 is 5.32 Å². The van der Waals surface area contributed by atoms with E-state index in [1.807, 2.05) is 29.2 Å². The molecular formula is C18H21N3O. The molecule has 1 saturated heterocycles. The van der Waals surface area contributed by atoms with Gasteiger partial charge in [-0.3, -0.25) is 9.78 Å². The predicted molar refractivity (Wildman–Crippen MR) is 88.6 cm³/mol. The number of pyridine rings is 1. The number of amides is 1. The van der Waals surface area contributed by atoms with Crippen LogP contribution in [-0.2, 0) is 0 Å². The maximum Gasteiger partial charge on any atom is 0.272 e. The van der Waals surface area contributed by atoms with E-state index in [1.54, 1.807) is 6.20 Å². The van der Waals surface area contributed by atoms with Crippen molar-refractivity contribution in [1.29, 1.82) is 0 Å². The summed E-state index contributed by atoms with van der Waals surface area (Å²) in [5.41, 5.74) is 4.92. The molecule has 4 heteroatoms. The van der Waals surface area contributed by atoms with E-state index in [9.17, 15) is 4.79 Å². The molecule has 1 aromatic heterocycles. The number of carbonyl (C=O) groups excluding carboxylic acids is 1. The largest absolute Gasteiger partial charge is 0.355 e. The SMILES string of the molecule is Cc1cccc(Nc2ccnc(C(=O)N3CCCC3)c2)c1C. The molecule has 0 unspecified atom stereocenters. The van der Waals surface area contributed by atoms with Crippen LogP contribution in [0.4, 0.5) is 11.4 Å². The minimum atomic E-state index is 0.0297. The summed E-state index contributed by atoms with van der Waals surface area (Å²) in [6.07, 6.45) is 3.87. The summed E-state index contributed by atoms with van der Waals surface area (Å²) in [5, 5.41) is 3.39. The van der Waals surface area contributed by atoms with E-state index >= 15 is 0 Å². The number of aromatic nitrogens is 1. The van der Waals surface area contributed by atoms with Gasteiger partial charge >= 0.3 is 0 Å².